The Balaban J connectivity index is 1.75. The molecule has 1 heterocycles. The normalized spacial score (nSPS) is 32.3. The van der Waals surface area contributed by atoms with Crippen LogP contribution in [0.15, 0.2) is 0 Å². The fourth-order valence-electron chi connectivity index (χ4n) is 4.39. The lowest BCUT2D eigenvalue weighted by atomic mass is 9.72. The van der Waals surface area contributed by atoms with E-state index in [1.54, 1.807) is 0 Å². The van der Waals surface area contributed by atoms with Crippen molar-refractivity contribution >= 4 is 0 Å². The molecule has 2 nitrogen and oxygen atoms in total. The second kappa shape index (κ2) is 4.55. The van der Waals surface area contributed by atoms with Crippen molar-refractivity contribution in [1.82, 2.24) is 10.2 Å². The van der Waals surface area contributed by atoms with E-state index in [9.17, 15) is 0 Å². The highest BCUT2D eigenvalue weighted by Crippen LogP contribution is 2.43. The molecule has 1 N–H and O–H groups in total. The Labute approximate surface area is 106 Å². The van der Waals surface area contributed by atoms with Gasteiger partial charge in [0.25, 0.3) is 0 Å². The van der Waals surface area contributed by atoms with Crippen LogP contribution in [0.4, 0.5) is 0 Å². The SMILES string of the molecule is CCC1(N2CCCNC3(CCCC3)C2)CCC1. The molecule has 0 amide bonds. The maximum Gasteiger partial charge on any atom is 0.0309 e. The van der Waals surface area contributed by atoms with E-state index in [0.717, 1.165) is 0 Å². The van der Waals surface area contributed by atoms with Crippen molar-refractivity contribution in [3.05, 3.63) is 0 Å². The molecule has 1 spiro atoms. The maximum atomic E-state index is 3.89. The minimum atomic E-state index is 0.494. The summed E-state index contributed by atoms with van der Waals surface area (Å²) in [5.74, 6) is 0. The van der Waals surface area contributed by atoms with Crippen LogP contribution in [0, 0.1) is 0 Å². The van der Waals surface area contributed by atoms with E-state index < -0.39 is 0 Å². The summed E-state index contributed by atoms with van der Waals surface area (Å²) in [7, 11) is 0. The minimum absolute atomic E-state index is 0.494. The van der Waals surface area contributed by atoms with Gasteiger partial charge in [-0.15, -0.1) is 0 Å². The van der Waals surface area contributed by atoms with Crippen LogP contribution in [0.2, 0.25) is 0 Å². The molecule has 0 aromatic carbocycles. The van der Waals surface area contributed by atoms with Crippen LogP contribution in [0.25, 0.3) is 0 Å². The molecular weight excluding hydrogens is 208 g/mol. The summed E-state index contributed by atoms with van der Waals surface area (Å²) in [5, 5.41) is 3.89. The molecule has 2 heteroatoms. The van der Waals surface area contributed by atoms with Gasteiger partial charge in [0, 0.05) is 17.6 Å². The van der Waals surface area contributed by atoms with Crippen molar-refractivity contribution < 1.29 is 0 Å². The van der Waals surface area contributed by atoms with Crippen LogP contribution in [0.5, 0.6) is 0 Å². The first kappa shape index (κ1) is 12.0. The predicted octanol–water partition coefficient (Wildman–Crippen LogP) is 2.93. The fourth-order valence-corrected chi connectivity index (χ4v) is 4.39. The molecule has 0 atom stereocenters. The molecule has 2 saturated carbocycles. The van der Waals surface area contributed by atoms with Crippen molar-refractivity contribution in [2.75, 3.05) is 19.6 Å². The average Bonchev–Trinajstić information content (AvgIpc) is 2.61. The standard InChI is InChI=1S/C15H28N2/c1-2-15(9-5-10-15)17-12-6-11-16-14(13-17)7-3-4-8-14/h16H,2-13H2,1H3. The fraction of sp³-hybridized carbons (Fsp3) is 1.00. The zero-order chi connectivity index (χ0) is 11.8. The third kappa shape index (κ3) is 2.04. The van der Waals surface area contributed by atoms with Gasteiger partial charge < -0.3 is 5.32 Å². The molecule has 17 heavy (non-hydrogen) atoms. The van der Waals surface area contributed by atoms with Crippen molar-refractivity contribution in [2.45, 2.75) is 75.8 Å². The molecule has 3 aliphatic rings. The molecule has 0 bridgehead atoms. The smallest absolute Gasteiger partial charge is 0.0309 e. The predicted molar refractivity (Wildman–Crippen MR) is 72.3 cm³/mol. The zero-order valence-corrected chi connectivity index (χ0v) is 11.4. The summed E-state index contributed by atoms with van der Waals surface area (Å²) in [4.78, 5) is 2.88. The van der Waals surface area contributed by atoms with Gasteiger partial charge in [-0.25, -0.2) is 0 Å². The Kier molecular flexibility index (Phi) is 3.20. The number of nitrogens with one attached hydrogen (secondary N) is 1. The average molecular weight is 236 g/mol. The van der Waals surface area contributed by atoms with Crippen LogP contribution >= 0.6 is 0 Å². The van der Waals surface area contributed by atoms with Crippen molar-refractivity contribution in [3.63, 3.8) is 0 Å². The van der Waals surface area contributed by atoms with Crippen LogP contribution in [-0.2, 0) is 0 Å². The molecule has 1 saturated heterocycles. The zero-order valence-electron chi connectivity index (χ0n) is 11.4. The topological polar surface area (TPSA) is 15.3 Å². The highest BCUT2D eigenvalue weighted by atomic mass is 15.3. The van der Waals surface area contributed by atoms with Gasteiger partial charge >= 0.3 is 0 Å². The van der Waals surface area contributed by atoms with Crippen LogP contribution in [-0.4, -0.2) is 35.6 Å². The number of nitrogens with zero attached hydrogens (tertiary/aromatic N) is 1. The Bertz CT molecular complexity index is 259. The summed E-state index contributed by atoms with van der Waals surface area (Å²) in [6.07, 6.45) is 12.8. The lowest BCUT2D eigenvalue weighted by Gasteiger charge is -2.52. The Hall–Kier alpha value is -0.0800. The van der Waals surface area contributed by atoms with Crippen LogP contribution in [0.1, 0.15) is 64.7 Å². The largest absolute Gasteiger partial charge is 0.310 e. The van der Waals surface area contributed by atoms with Gasteiger partial charge in [-0.3, -0.25) is 4.90 Å². The lowest BCUT2D eigenvalue weighted by molar-refractivity contribution is 0.0000855. The molecule has 2 aliphatic carbocycles. The lowest BCUT2D eigenvalue weighted by Crippen LogP contribution is -2.59. The Morgan fingerprint density at radius 1 is 1.00 bits per heavy atom. The van der Waals surface area contributed by atoms with E-state index in [-0.39, 0.29) is 0 Å². The first-order valence-corrected chi connectivity index (χ1v) is 7.79. The summed E-state index contributed by atoms with van der Waals surface area (Å²) in [6.45, 7) is 6.32. The second-order valence-corrected chi connectivity index (χ2v) is 6.62. The Morgan fingerprint density at radius 3 is 2.35 bits per heavy atom. The molecule has 0 aromatic rings. The molecule has 98 valence electrons. The highest BCUT2D eigenvalue weighted by molar-refractivity contribution is 5.04. The van der Waals surface area contributed by atoms with Gasteiger partial charge in [-0.05, 0) is 58.0 Å². The monoisotopic (exact) mass is 236 g/mol. The molecule has 3 rings (SSSR count). The maximum absolute atomic E-state index is 3.89. The second-order valence-electron chi connectivity index (χ2n) is 6.62. The van der Waals surface area contributed by atoms with Gasteiger partial charge in [-0.2, -0.15) is 0 Å². The Morgan fingerprint density at radius 2 is 1.76 bits per heavy atom. The van der Waals surface area contributed by atoms with E-state index >= 15 is 0 Å². The quantitative estimate of drug-likeness (QED) is 0.793. The summed E-state index contributed by atoms with van der Waals surface area (Å²) in [5.41, 5.74) is 1.09. The number of hydrogen-bond donors (Lipinski definition) is 1. The van der Waals surface area contributed by atoms with E-state index in [1.807, 2.05) is 0 Å². The van der Waals surface area contributed by atoms with Gasteiger partial charge in [-0.1, -0.05) is 19.8 Å². The molecule has 1 aliphatic heterocycles. The molecule has 3 fully saturated rings. The number of hydrogen-bond acceptors (Lipinski definition) is 2. The van der Waals surface area contributed by atoms with Gasteiger partial charge in [0.2, 0.25) is 0 Å². The van der Waals surface area contributed by atoms with E-state index in [4.69, 9.17) is 0 Å². The van der Waals surface area contributed by atoms with Gasteiger partial charge in [0.15, 0.2) is 0 Å². The highest BCUT2D eigenvalue weighted by Gasteiger charge is 2.45. The summed E-state index contributed by atoms with van der Waals surface area (Å²) >= 11 is 0. The van der Waals surface area contributed by atoms with Gasteiger partial charge in [0.05, 0.1) is 0 Å². The molecular formula is C15H28N2. The summed E-state index contributed by atoms with van der Waals surface area (Å²) in [6, 6.07) is 0. The van der Waals surface area contributed by atoms with E-state index in [1.165, 1.54) is 77.4 Å². The van der Waals surface area contributed by atoms with Crippen molar-refractivity contribution in [3.8, 4) is 0 Å². The third-order valence-electron chi connectivity index (χ3n) is 5.77. The first-order valence-electron chi connectivity index (χ1n) is 7.79. The summed E-state index contributed by atoms with van der Waals surface area (Å²) < 4.78 is 0. The molecule has 0 unspecified atom stereocenters. The minimum Gasteiger partial charge on any atom is -0.310 e. The number of rotatable bonds is 2. The van der Waals surface area contributed by atoms with Gasteiger partial charge in [0.1, 0.15) is 0 Å². The van der Waals surface area contributed by atoms with Crippen LogP contribution < -0.4 is 5.32 Å². The van der Waals surface area contributed by atoms with Crippen LogP contribution in [0.3, 0.4) is 0 Å². The third-order valence-corrected chi connectivity index (χ3v) is 5.77. The molecule has 0 radical (unpaired) electrons. The molecule has 0 aromatic heterocycles. The van der Waals surface area contributed by atoms with E-state index in [2.05, 4.69) is 17.1 Å². The van der Waals surface area contributed by atoms with Crippen molar-refractivity contribution in [1.29, 1.82) is 0 Å². The first-order chi connectivity index (χ1) is 8.29. The van der Waals surface area contributed by atoms with E-state index in [0.29, 0.717) is 11.1 Å². The van der Waals surface area contributed by atoms with Crippen molar-refractivity contribution in [2.24, 2.45) is 0 Å².